The Kier molecular flexibility index (Phi) is 4.22. The zero-order valence-corrected chi connectivity index (χ0v) is 8.83. The van der Waals surface area contributed by atoms with E-state index in [0.29, 0.717) is 18.3 Å². The molecule has 1 atom stereocenters. The summed E-state index contributed by atoms with van der Waals surface area (Å²) in [6.07, 6.45) is 1.61. The van der Waals surface area contributed by atoms with Gasteiger partial charge in [-0.25, -0.2) is 0 Å². The minimum Gasteiger partial charge on any atom is -0.342 e. The highest BCUT2D eigenvalue weighted by Crippen LogP contribution is 2.21. The summed E-state index contributed by atoms with van der Waals surface area (Å²) in [6.45, 7) is 0. The van der Waals surface area contributed by atoms with E-state index in [1.165, 1.54) is 5.75 Å². The van der Waals surface area contributed by atoms with Crippen LogP contribution in [0.1, 0.15) is 12.8 Å². The van der Waals surface area contributed by atoms with Crippen LogP contribution in [0.4, 0.5) is 0 Å². The first-order chi connectivity index (χ1) is 5.75. The Balaban J connectivity index is 2.34. The zero-order chi connectivity index (χ0) is 8.97. The summed E-state index contributed by atoms with van der Waals surface area (Å²) in [7, 11) is 1.88. The standard InChI is InChI=1S/C8H14ClNOS/c1-10(8(11)2-4-9)7-3-5-12-6-7/h7H,2-6H2,1H3. The average molecular weight is 208 g/mol. The van der Waals surface area contributed by atoms with Crippen molar-refractivity contribution in [3.63, 3.8) is 0 Å². The molecule has 0 radical (unpaired) electrons. The van der Waals surface area contributed by atoms with E-state index in [9.17, 15) is 4.79 Å². The predicted octanol–water partition coefficient (Wildman–Crippen LogP) is 1.58. The lowest BCUT2D eigenvalue weighted by Gasteiger charge is -2.23. The number of carbonyl (C=O) groups is 1. The maximum Gasteiger partial charge on any atom is 0.223 e. The van der Waals surface area contributed by atoms with Crippen molar-refractivity contribution < 1.29 is 4.79 Å². The Bertz CT molecular complexity index is 159. The topological polar surface area (TPSA) is 20.3 Å². The molecule has 0 N–H and O–H groups in total. The average Bonchev–Trinajstić information content (AvgIpc) is 2.55. The maximum absolute atomic E-state index is 11.4. The van der Waals surface area contributed by atoms with Crippen molar-refractivity contribution in [3.05, 3.63) is 0 Å². The molecule has 0 spiro atoms. The molecular weight excluding hydrogens is 194 g/mol. The van der Waals surface area contributed by atoms with Gasteiger partial charge in [-0.05, 0) is 12.2 Å². The number of rotatable bonds is 3. The molecule has 2 nitrogen and oxygen atoms in total. The van der Waals surface area contributed by atoms with E-state index >= 15 is 0 Å². The first-order valence-electron chi connectivity index (χ1n) is 4.15. The van der Waals surface area contributed by atoms with E-state index in [1.807, 2.05) is 23.7 Å². The molecular formula is C8H14ClNOS. The van der Waals surface area contributed by atoms with Crippen LogP contribution in [0.5, 0.6) is 0 Å². The minimum atomic E-state index is 0.178. The molecule has 70 valence electrons. The highest BCUT2D eigenvalue weighted by Gasteiger charge is 2.22. The first kappa shape index (κ1) is 10.2. The van der Waals surface area contributed by atoms with E-state index in [0.717, 1.165) is 12.2 Å². The van der Waals surface area contributed by atoms with E-state index < -0.39 is 0 Å². The molecule has 0 aromatic heterocycles. The van der Waals surface area contributed by atoms with Gasteiger partial charge in [0.1, 0.15) is 0 Å². The van der Waals surface area contributed by atoms with Crippen LogP contribution in [0, 0.1) is 0 Å². The molecule has 1 heterocycles. The third-order valence-electron chi connectivity index (χ3n) is 2.16. The number of thioether (sulfide) groups is 1. The van der Waals surface area contributed by atoms with Crippen molar-refractivity contribution in [2.75, 3.05) is 24.4 Å². The summed E-state index contributed by atoms with van der Waals surface area (Å²) < 4.78 is 0. The summed E-state index contributed by atoms with van der Waals surface area (Å²) in [6, 6.07) is 0.450. The van der Waals surface area contributed by atoms with Crippen LogP contribution >= 0.6 is 23.4 Å². The van der Waals surface area contributed by atoms with Gasteiger partial charge in [0.25, 0.3) is 0 Å². The van der Waals surface area contributed by atoms with Crippen LogP contribution in [0.2, 0.25) is 0 Å². The fourth-order valence-corrected chi connectivity index (χ4v) is 2.72. The third-order valence-corrected chi connectivity index (χ3v) is 3.49. The van der Waals surface area contributed by atoms with Crippen molar-refractivity contribution in [1.82, 2.24) is 4.90 Å². The van der Waals surface area contributed by atoms with E-state index in [2.05, 4.69) is 0 Å². The van der Waals surface area contributed by atoms with Gasteiger partial charge >= 0.3 is 0 Å². The summed E-state index contributed by atoms with van der Waals surface area (Å²) in [5.41, 5.74) is 0. The van der Waals surface area contributed by atoms with Gasteiger partial charge < -0.3 is 4.90 Å². The highest BCUT2D eigenvalue weighted by atomic mass is 35.5. The lowest BCUT2D eigenvalue weighted by atomic mass is 10.2. The van der Waals surface area contributed by atoms with E-state index in [1.54, 1.807) is 0 Å². The molecule has 1 unspecified atom stereocenters. The van der Waals surface area contributed by atoms with Gasteiger partial charge in [-0.15, -0.1) is 11.6 Å². The molecule has 1 rings (SSSR count). The van der Waals surface area contributed by atoms with Crippen LogP contribution in [0.25, 0.3) is 0 Å². The largest absolute Gasteiger partial charge is 0.342 e. The van der Waals surface area contributed by atoms with E-state index in [4.69, 9.17) is 11.6 Å². The molecule has 1 saturated heterocycles. The molecule has 1 amide bonds. The third kappa shape index (κ3) is 2.56. The van der Waals surface area contributed by atoms with Gasteiger partial charge in [-0.2, -0.15) is 11.8 Å². The molecule has 0 aromatic rings. The number of amides is 1. The first-order valence-corrected chi connectivity index (χ1v) is 5.84. The molecule has 1 aliphatic heterocycles. The van der Waals surface area contributed by atoms with Gasteiger partial charge in [0.05, 0.1) is 0 Å². The Labute approximate surface area is 82.6 Å². The number of hydrogen-bond donors (Lipinski definition) is 0. The summed E-state index contributed by atoms with van der Waals surface area (Å²) in [5.74, 6) is 2.88. The molecule has 0 aliphatic carbocycles. The van der Waals surface area contributed by atoms with Gasteiger partial charge in [0.2, 0.25) is 5.91 Å². The Morgan fingerprint density at radius 1 is 1.75 bits per heavy atom. The number of nitrogens with zero attached hydrogens (tertiary/aromatic N) is 1. The van der Waals surface area contributed by atoms with Gasteiger partial charge in [0.15, 0.2) is 0 Å². The van der Waals surface area contributed by atoms with Gasteiger partial charge in [-0.3, -0.25) is 4.79 Å². The highest BCUT2D eigenvalue weighted by molar-refractivity contribution is 7.99. The molecule has 4 heteroatoms. The van der Waals surface area contributed by atoms with Crippen molar-refractivity contribution in [1.29, 1.82) is 0 Å². The predicted molar refractivity (Wildman–Crippen MR) is 53.8 cm³/mol. The molecule has 1 fully saturated rings. The lowest BCUT2D eigenvalue weighted by molar-refractivity contribution is -0.131. The fourth-order valence-electron chi connectivity index (χ4n) is 1.29. The number of alkyl halides is 1. The molecule has 0 aromatic carbocycles. The minimum absolute atomic E-state index is 0.178. The normalized spacial score (nSPS) is 22.7. The number of hydrogen-bond acceptors (Lipinski definition) is 2. The second-order valence-corrected chi connectivity index (χ2v) is 4.49. The van der Waals surface area contributed by atoms with Gasteiger partial charge in [0, 0.05) is 31.1 Å². The lowest BCUT2D eigenvalue weighted by Crippen LogP contribution is -2.36. The van der Waals surface area contributed by atoms with Crippen LogP contribution in [-0.2, 0) is 4.79 Å². The summed E-state index contributed by atoms with van der Waals surface area (Å²) >= 11 is 7.41. The van der Waals surface area contributed by atoms with Crippen molar-refractivity contribution >= 4 is 29.3 Å². The summed E-state index contributed by atoms with van der Waals surface area (Å²) in [5, 5.41) is 0. The monoisotopic (exact) mass is 207 g/mol. The summed E-state index contributed by atoms with van der Waals surface area (Å²) in [4.78, 5) is 13.2. The SMILES string of the molecule is CN(C(=O)CCCl)C1CCSC1. The van der Waals surface area contributed by atoms with Crippen molar-refractivity contribution in [2.45, 2.75) is 18.9 Å². The molecule has 12 heavy (non-hydrogen) atoms. The van der Waals surface area contributed by atoms with Crippen LogP contribution in [0.3, 0.4) is 0 Å². The molecule has 0 bridgehead atoms. The second-order valence-electron chi connectivity index (χ2n) is 2.96. The number of halogens is 1. The van der Waals surface area contributed by atoms with E-state index in [-0.39, 0.29) is 5.91 Å². The smallest absolute Gasteiger partial charge is 0.223 e. The maximum atomic E-state index is 11.4. The van der Waals surface area contributed by atoms with Crippen LogP contribution in [0.15, 0.2) is 0 Å². The van der Waals surface area contributed by atoms with Crippen molar-refractivity contribution in [2.24, 2.45) is 0 Å². The zero-order valence-electron chi connectivity index (χ0n) is 7.25. The Morgan fingerprint density at radius 3 is 3.00 bits per heavy atom. The van der Waals surface area contributed by atoms with Crippen molar-refractivity contribution in [3.8, 4) is 0 Å². The quantitative estimate of drug-likeness (QED) is 0.655. The molecule has 1 aliphatic rings. The molecule has 0 saturated carbocycles. The van der Waals surface area contributed by atoms with Crippen LogP contribution < -0.4 is 0 Å². The van der Waals surface area contributed by atoms with Crippen LogP contribution in [-0.4, -0.2) is 41.3 Å². The Morgan fingerprint density at radius 2 is 2.50 bits per heavy atom. The Hall–Kier alpha value is 0.110. The second kappa shape index (κ2) is 4.97. The number of carbonyl (C=O) groups excluding carboxylic acids is 1. The fraction of sp³-hybridized carbons (Fsp3) is 0.875. The van der Waals surface area contributed by atoms with Gasteiger partial charge in [-0.1, -0.05) is 0 Å².